The van der Waals surface area contributed by atoms with Crippen molar-refractivity contribution in [2.24, 2.45) is 0 Å². The first kappa shape index (κ1) is 15.4. The predicted molar refractivity (Wildman–Crippen MR) is 80.8 cm³/mol. The molecular weight excluding hydrogens is 268 g/mol. The van der Waals surface area contributed by atoms with Crippen molar-refractivity contribution in [2.45, 2.75) is 31.7 Å². The Morgan fingerprint density at radius 1 is 1.43 bits per heavy atom. The summed E-state index contributed by atoms with van der Waals surface area (Å²) < 4.78 is 0. The molecule has 1 atom stereocenters. The number of likely N-dealkylation sites (N-methyl/N-ethyl adjacent to an activating group) is 1. The molecule has 1 aromatic heterocycles. The molecule has 0 unspecified atom stereocenters. The Morgan fingerprint density at radius 3 is 3.00 bits per heavy atom. The van der Waals surface area contributed by atoms with Gasteiger partial charge in [-0.15, -0.1) is 0 Å². The average Bonchev–Trinajstić information content (AvgIpc) is 2.53. The third kappa shape index (κ3) is 4.53. The molecule has 6 nitrogen and oxygen atoms in total. The Kier molecular flexibility index (Phi) is 5.68. The van der Waals surface area contributed by atoms with Crippen molar-refractivity contribution < 1.29 is 9.59 Å². The molecule has 6 heteroatoms. The van der Waals surface area contributed by atoms with E-state index in [-0.39, 0.29) is 17.9 Å². The van der Waals surface area contributed by atoms with Crippen LogP contribution >= 0.6 is 0 Å². The fourth-order valence-corrected chi connectivity index (χ4v) is 2.63. The van der Waals surface area contributed by atoms with Crippen LogP contribution in [-0.4, -0.2) is 47.9 Å². The van der Waals surface area contributed by atoms with E-state index >= 15 is 0 Å². The number of carbonyl (C=O) groups is 2. The summed E-state index contributed by atoms with van der Waals surface area (Å²) in [7, 11) is 1.66. The van der Waals surface area contributed by atoms with Gasteiger partial charge in [-0.25, -0.2) is 0 Å². The maximum atomic E-state index is 11.9. The fourth-order valence-electron chi connectivity index (χ4n) is 2.63. The molecule has 2 rings (SSSR count). The van der Waals surface area contributed by atoms with Gasteiger partial charge in [0, 0.05) is 26.2 Å². The maximum Gasteiger partial charge on any atom is 0.237 e. The van der Waals surface area contributed by atoms with Crippen LogP contribution in [0, 0.1) is 0 Å². The van der Waals surface area contributed by atoms with Crippen LogP contribution in [0.25, 0.3) is 0 Å². The van der Waals surface area contributed by atoms with Crippen molar-refractivity contribution in [3.8, 4) is 0 Å². The molecule has 1 aromatic rings. The van der Waals surface area contributed by atoms with Gasteiger partial charge in [0.15, 0.2) is 0 Å². The van der Waals surface area contributed by atoms with Crippen LogP contribution in [0.3, 0.4) is 0 Å². The SMILES string of the molecule is CNC(=O)[C@H]1CCCCN1CCC(=O)Nc1cccnc1. The zero-order chi connectivity index (χ0) is 15.1. The molecule has 1 aliphatic heterocycles. The van der Waals surface area contributed by atoms with E-state index in [0.717, 1.165) is 25.8 Å². The van der Waals surface area contributed by atoms with Crippen molar-refractivity contribution in [1.82, 2.24) is 15.2 Å². The highest BCUT2D eigenvalue weighted by Gasteiger charge is 2.27. The van der Waals surface area contributed by atoms with Gasteiger partial charge in [-0.05, 0) is 31.5 Å². The normalized spacial score (nSPS) is 19.0. The monoisotopic (exact) mass is 290 g/mol. The van der Waals surface area contributed by atoms with Gasteiger partial charge in [0.1, 0.15) is 0 Å². The number of pyridine rings is 1. The maximum absolute atomic E-state index is 11.9. The van der Waals surface area contributed by atoms with Gasteiger partial charge in [0.05, 0.1) is 17.9 Å². The van der Waals surface area contributed by atoms with Crippen LogP contribution in [0.1, 0.15) is 25.7 Å². The molecule has 2 heterocycles. The number of amides is 2. The number of carbonyl (C=O) groups excluding carboxylic acids is 2. The topological polar surface area (TPSA) is 74.3 Å². The van der Waals surface area contributed by atoms with Crippen LogP contribution in [0.5, 0.6) is 0 Å². The molecule has 1 aliphatic rings. The summed E-state index contributed by atoms with van der Waals surface area (Å²) in [5.74, 6) is -0.00778. The van der Waals surface area contributed by atoms with E-state index in [1.54, 1.807) is 31.6 Å². The number of piperidine rings is 1. The van der Waals surface area contributed by atoms with E-state index in [9.17, 15) is 9.59 Å². The van der Waals surface area contributed by atoms with Crippen molar-refractivity contribution in [1.29, 1.82) is 0 Å². The molecule has 0 bridgehead atoms. The summed E-state index contributed by atoms with van der Waals surface area (Å²) in [5.41, 5.74) is 0.698. The standard InChI is InChI=1S/C15H22N4O2/c1-16-15(21)13-6-2-3-9-19(13)10-7-14(20)18-12-5-4-8-17-11-12/h4-5,8,11,13H,2-3,6-7,9-10H2,1H3,(H,16,21)(H,18,20)/t13-/m1/s1. The lowest BCUT2D eigenvalue weighted by molar-refractivity contribution is -0.128. The largest absolute Gasteiger partial charge is 0.358 e. The number of anilines is 1. The smallest absolute Gasteiger partial charge is 0.237 e. The molecule has 0 saturated carbocycles. The Bertz CT molecular complexity index is 478. The molecule has 1 saturated heterocycles. The van der Waals surface area contributed by atoms with Gasteiger partial charge in [-0.1, -0.05) is 6.42 Å². The first-order chi connectivity index (χ1) is 10.2. The highest BCUT2D eigenvalue weighted by molar-refractivity contribution is 5.90. The first-order valence-electron chi connectivity index (χ1n) is 7.36. The molecule has 21 heavy (non-hydrogen) atoms. The van der Waals surface area contributed by atoms with Crippen molar-refractivity contribution in [2.75, 3.05) is 25.5 Å². The van der Waals surface area contributed by atoms with Gasteiger partial charge in [-0.2, -0.15) is 0 Å². The van der Waals surface area contributed by atoms with E-state index in [1.165, 1.54) is 0 Å². The van der Waals surface area contributed by atoms with E-state index < -0.39 is 0 Å². The van der Waals surface area contributed by atoms with E-state index in [0.29, 0.717) is 18.7 Å². The summed E-state index contributed by atoms with van der Waals surface area (Å²) in [6, 6.07) is 3.48. The van der Waals surface area contributed by atoms with Crippen LogP contribution in [0.4, 0.5) is 5.69 Å². The van der Waals surface area contributed by atoms with Crippen LogP contribution in [-0.2, 0) is 9.59 Å². The minimum absolute atomic E-state index is 0.0439. The lowest BCUT2D eigenvalue weighted by atomic mass is 10.0. The molecule has 0 spiro atoms. The van der Waals surface area contributed by atoms with Gasteiger partial charge in [0.2, 0.25) is 11.8 Å². The number of rotatable bonds is 5. The van der Waals surface area contributed by atoms with E-state index in [2.05, 4.69) is 20.5 Å². The number of likely N-dealkylation sites (tertiary alicyclic amines) is 1. The minimum atomic E-state index is -0.102. The quantitative estimate of drug-likeness (QED) is 0.849. The summed E-state index contributed by atoms with van der Waals surface area (Å²) in [6.45, 7) is 1.47. The third-order valence-corrected chi connectivity index (χ3v) is 3.73. The predicted octanol–water partition coefficient (Wildman–Crippen LogP) is 1.01. The number of nitrogens with one attached hydrogen (secondary N) is 2. The molecule has 0 aliphatic carbocycles. The van der Waals surface area contributed by atoms with E-state index in [1.807, 2.05) is 0 Å². The summed E-state index contributed by atoms with van der Waals surface area (Å²) >= 11 is 0. The minimum Gasteiger partial charge on any atom is -0.358 e. The Labute approximate surface area is 124 Å². The van der Waals surface area contributed by atoms with Crippen molar-refractivity contribution in [3.63, 3.8) is 0 Å². The van der Waals surface area contributed by atoms with Crippen LogP contribution in [0.2, 0.25) is 0 Å². The first-order valence-corrected chi connectivity index (χ1v) is 7.36. The summed E-state index contributed by atoms with van der Waals surface area (Å²) in [6.07, 6.45) is 6.67. The Balaban J connectivity index is 1.83. The van der Waals surface area contributed by atoms with Gasteiger partial charge in [-0.3, -0.25) is 19.5 Å². The molecule has 1 fully saturated rings. The van der Waals surface area contributed by atoms with Gasteiger partial charge >= 0.3 is 0 Å². The average molecular weight is 290 g/mol. The molecule has 2 N–H and O–H groups in total. The molecular formula is C15H22N4O2. The fraction of sp³-hybridized carbons (Fsp3) is 0.533. The lowest BCUT2D eigenvalue weighted by Crippen LogP contribution is -2.49. The lowest BCUT2D eigenvalue weighted by Gasteiger charge is -2.34. The number of aromatic nitrogens is 1. The third-order valence-electron chi connectivity index (χ3n) is 3.73. The second-order valence-electron chi connectivity index (χ2n) is 5.20. The highest BCUT2D eigenvalue weighted by Crippen LogP contribution is 2.17. The van der Waals surface area contributed by atoms with Gasteiger partial charge in [0.25, 0.3) is 0 Å². The van der Waals surface area contributed by atoms with Crippen LogP contribution < -0.4 is 10.6 Å². The summed E-state index contributed by atoms with van der Waals surface area (Å²) in [5, 5.41) is 5.51. The number of nitrogens with zero attached hydrogens (tertiary/aromatic N) is 2. The molecule has 0 radical (unpaired) electrons. The van der Waals surface area contributed by atoms with E-state index in [4.69, 9.17) is 0 Å². The van der Waals surface area contributed by atoms with Gasteiger partial charge < -0.3 is 10.6 Å². The zero-order valence-electron chi connectivity index (χ0n) is 12.3. The summed E-state index contributed by atoms with van der Waals surface area (Å²) in [4.78, 5) is 29.8. The second-order valence-corrected chi connectivity index (χ2v) is 5.20. The highest BCUT2D eigenvalue weighted by atomic mass is 16.2. The Hall–Kier alpha value is -1.95. The molecule has 0 aromatic carbocycles. The molecule has 2 amide bonds. The number of hydrogen-bond acceptors (Lipinski definition) is 4. The molecule has 114 valence electrons. The zero-order valence-corrected chi connectivity index (χ0v) is 12.3. The number of hydrogen-bond donors (Lipinski definition) is 2. The second kappa shape index (κ2) is 7.73. The van der Waals surface area contributed by atoms with Crippen molar-refractivity contribution in [3.05, 3.63) is 24.5 Å². The van der Waals surface area contributed by atoms with Crippen LogP contribution in [0.15, 0.2) is 24.5 Å². The Morgan fingerprint density at radius 2 is 2.29 bits per heavy atom. The van der Waals surface area contributed by atoms with Crippen molar-refractivity contribution >= 4 is 17.5 Å².